The number of carbonyl (C=O) groups excluding carboxylic acids is 1. The monoisotopic (exact) mass is 286 g/mol. The second kappa shape index (κ2) is 10.0. The SMILES string of the molecule is CCCC(CCC)NCC(CC)NC(=O)OC(C)(C)C. The zero-order valence-corrected chi connectivity index (χ0v) is 14.2. The van der Waals surface area contributed by atoms with Crippen LogP contribution >= 0.6 is 0 Å². The van der Waals surface area contributed by atoms with Gasteiger partial charge in [0.05, 0.1) is 0 Å². The highest BCUT2D eigenvalue weighted by Crippen LogP contribution is 2.08. The van der Waals surface area contributed by atoms with Gasteiger partial charge >= 0.3 is 6.09 Å². The third-order valence-corrected chi connectivity index (χ3v) is 3.14. The lowest BCUT2D eigenvalue weighted by molar-refractivity contribution is 0.0501. The van der Waals surface area contributed by atoms with Gasteiger partial charge in [-0.1, -0.05) is 33.6 Å². The minimum Gasteiger partial charge on any atom is -0.444 e. The summed E-state index contributed by atoms with van der Waals surface area (Å²) in [4.78, 5) is 11.8. The van der Waals surface area contributed by atoms with Gasteiger partial charge in [-0.2, -0.15) is 0 Å². The van der Waals surface area contributed by atoms with E-state index in [2.05, 4.69) is 31.4 Å². The summed E-state index contributed by atoms with van der Waals surface area (Å²) in [6, 6.07) is 0.681. The molecule has 0 aromatic rings. The van der Waals surface area contributed by atoms with Crippen LogP contribution in [0.2, 0.25) is 0 Å². The van der Waals surface area contributed by atoms with Crippen LogP contribution < -0.4 is 10.6 Å². The Morgan fingerprint density at radius 2 is 1.60 bits per heavy atom. The second-order valence-electron chi connectivity index (χ2n) is 6.43. The van der Waals surface area contributed by atoms with Crippen LogP contribution in [0.3, 0.4) is 0 Å². The number of hydrogen-bond acceptors (Lipinski definition) is 3. The normalized spacial score (nSPS) is 13.3. The van der Waals surface area contributed by atoms with E-state index in [0.29, 0.717) is 6.04 Å². The first-order chi connectivity index (χ1) is 9.32. The van der Waals surface area contributed by atoms with E-state index < -0.39 is 5.60 Å². The topological polar surface area (TPSA) is 50.4 Å². The molecule has 1 amide bonds. The Balaban J connectivity index is 4.16. The van der Waals surface area contributed by atoms with Crippen LogP contribution in [0, 0.1) is 0 Å². The van der Waals surface area contributed by atoms with Crippen LogP contribution in [0.25, 0.3) is 0 Å². The lowest BCUT2D eigenvalue weighted by Crippen LogP contribution is -2.46. The van der Waals surface area contributed by atoms with Gasteiger partial charge in [0, 0.05) is 18.6 Å². The predicted octanol–water partition coefficient (Wildman–Crippen LogP) is 3.85. The Morgan fingerprint density at radius 1 is 1.05 bits per heavy atom. The predicted molar refractivity (Wildman–Crippen MR) is 85.1 cm³/mol. The van der Waals surface area contributed by atoms with Gasteiger partial charge in [0.1, 0.15) is 5.60 Å². The van der Waals surface area contributed by atoms with Gasteiger partial charge in [-0.15, -0.1) is 0 Å². The number of ether oxygens (including phenoxy) is 1. The molecule has 0 saturated heterocycles. The highest BCUT2D eigenvalue weighted by Gasteiger charge is 2.19. The van der Waals surface area contributed by atoms with Crippen molar-refractivity contribution in [3.8, 4) is 0 Å². The van der Waals surface area contributed by atoms with E-state index in [-0.39, 0.29) is 12.1 Å². The van der Waals surface area contributed by atoms with Gasteiger partial charge in [-0.3, -0.25) is 0 Å². The van der Waals surface area contributed by atoms with Gasteiger partial charge < -0.3 is 15.4 Å². The molecule has 0 aromatic carbocycles. The fourth-order valence-corrected chi connectivity index (χ4v) is 2.13. The molecule has 0 radical (unpaired) electrons. The van der Waals surface area contributed by atoms with Crippen molar-refractivity contribution in [2.45, 2.75) is 91.3 Å². The molecule has 120 valence electrons. The minimum atomic E-state index is -0.442. The van der Waals surface area contributed by atoms with Crippen molar-refractivity contribution in [3.63, 3.8) is 0 Å². The van der Waals surface area contributed by atoms with Gasteiger partial charge in [0.2, 0.25) is 0 Å². The maximum Gasteiger partial charge on any atom is 0.407 e. The maximum absolute atomic E-state index is 11.8. The van der Waals surface area contributed by atoms with Crippen molar-refractivity contribution < 1.29 is 9.53 Å². The van der Waals surface area contributed by atoms with Crippen LogP contribution in [0.1, 0.15) is 73.6 Å². The minimum absolute atomic E-state index is 0.126. The molecule has 4 heteroatoms. The van der Waals surface area contributed by atoms with Gasteiger partial charge in [-0.25, -0.2) is 4.79 Å². The molecule has 0 aliphatic rings. The van der Waals surface area contributed by atoms with Crippen molar-refractivity contribution in [3.05, 3.63) is 0 Å². The quantitative estimate of drug-likeness (QED) is 0.677. The molecule has 20 heavy (non-hydrogen) atoms. The lowest BCUT2D eigenvalue weighted by atomic mass is 10.1. The summed E-state index contributed by atoms with van der Waals surface area (Å²) >= 11 is 0. The molecule has 0 fully saturated rings. The standard InChI is InChI=1S/C16H34N2O2/c1-7-10-14(11-8-2)17-12-13(9-3)18-15(19)20-16(4,5)6/h13-14,17H,7-12H2,1-6H3,(H,18,19). The average Bonchev–Trinajstić information content (AvgIpc) is 2.32. The van der Waals surface area contributed by atoms with Gasteiger partial charge in [0.25, 0.3) is 0 Å². The van der Waals surface area contributed by atoms with Crippen LogP contribution in [0.5, 0.6) is 0 Å². The summed E-state index contributed by atoms with van der Waals surface area (Å²) in [5, 5.41) is 6.51. The van der Waals surface area contributed by atoms with E-state index in [4.69, 9.17) is 4.74 Å². The first-order valence-corrected chi connectivity index (χ1v) is 8.05. The van der Waals surface area contributed by atoms with Gasteiger partial charge in [0.15, 0.2) is 0 Å². The molecule has 0 bridgehead atoms. The first-order valence-electron chi connectivity index (χ1n) is 8.05. The highest BCUT2D eigenvalue weighted by atomic mass is 16.6. The zero-order valence-electron chi connectivity index (χ0n) is 14.2. The lowest BCUT2D eigenvalue weighted by Gasteiger charge is -2.25. The molecule has 0 aliphatic heterocycles. The number of amides is 1. The number of hydrogen-bond donors (Lipinski definition) is 2. The molecule has 0 spiro atoms. The van der Waals surface area contributed by atoms with E-state index >= 15 is 0 Å². The summed E-state index contributed by atoms with van der Waals surface area (Å²) in [5.41, 5.74) is -0.442. The third kappa shape index (κ3) is 10.1. The fourth-order valence-electron chi connectivity index (χ4n) is 2.13. The Labute approximate surface area is 125 Å². The van der Waals surface area contributed by atoms with Crippen LogP contribution in [0.4, 0.5) is 4.79 Å². The number of nitrogens with one attached hydrogen (secondary N) is 2. The Bertz CT molecular complexity index is 256. The van der Waals surface area contributed by atoms with E-state index in [0.717, 1.165) is 13.0 Å². The first kappa shape index (κ1) is 19.2. The Morgan fingerprint density at radius 3 is 2.00 bits per heavy atom. The van der Waals surface area contributed by atoms with Crippen LogP contribution in [-0.2, 0) is 4.74 Å². The number of carbonyl (C=O) groups is 1. The summed E-state index contributed by atoms with van der Waals surface area (Å²) in [7, 11) is 0. The molecule has 0 saturated carbocycles. The molecule has 0 aliphatic carbocycles. The highest BCUT2D eigenvalue weighted by molar-refractivity contribution is 5.68. The molecule has 4 nitrogen and oxygen atoms in total. The Hall–Kier alpha value is -0.770. The Kier molecular flexibility index (Phi) is 9.64. The maximum atomic E-state index is 11.8. The van der Waals surface area contributed by atoms with Crippen molar-refractivity contribution in [1.82, 2.24) is 10.6 Å². The van der Waals surface area contributed by atoms with Gasteiger partial charge in [-0.05, 0) is 40.0 Å². The largest absolute Gasteiger partial charge is 0.444 e. The van der Waals surface area contributed by atoms with E-state index in [1.807, 2.05) is 20.8 Å². The molecule has 1 unspecified atom stereocenters. The molecular weight excluding hydrogens is 252 g/mol. The van der Waals surface area contributed by atoms with Crippen molar-refractivity contribution >= 4 is 6.09 Å². The van der Waals surface area contributed by atoms with Crippen molar-refractivity contribution in [1.29, 1.82) is 0 Å². The molecule has 0 rings (SSSR count). The summed E-state index contributed by atoms with van der Waals surface area (Å²) in [6.45, 7) is 12.9. The number of alkyl carbamates (subject to hydrolysis) is 1. The summed E-state index contributed by atoms with van der Waals surface area (Å²) in [6.07, 6.45) is 5.33. The van der Waals surface area contributed by atoms with Crippen molar-refractivity contribution in [2.75, 3.05) is 6.54 Å². The average molecular weight is 286 g/mol. The van der Waals surface area contributed by atoms with Crippen LogP contribution in [0.15, 0.2) is 0 Å². The summed E-state index contributed by atoms with van der Waals surface area (Å²) in [5.74, 6) is 0. The zero-order chi connectivity index (χ0) is 15.6. The fraction of sp³-hybridized carbons (Fsp3) is 0.938. The van der Waals surface area contributed by atoms with E-state index in [1.54, 1.807) is 0 Å². The molecule has 1 atom stereocenters. The smallest absolute Gasteiger partial charge is 0.407 e. The summed E-state index contributed by atoms with van der Waals surface area (Å²) < 4.78 is 5.29. The third-order valence-electron chi connectivity index (χ3n) is 3.14. The van der Waals surface area contributed by atoms with Crippen molar-refractivity contribution in [2.24, 2.45) is 0 Å². The molecule has 2 N–H and O–H groups in total. The van der Waals surface area contributed by atoms with E-state index in [9.17, 15) is 4.79 Å². The molecule has 0 aromatic heterocycles. The van der Waals surface area contributed by atoms with Crippen LogP contribution in [-0.4, -0.2) is 30.3 Å². The number of rotatable bonds is 9. The second-order valence-corrected chi connectivity index (χ2v) is 6.43. The molecule has 0 heterocycles. The molecular formula is C16H34N2O2. The van der Waals surface area contributed by atoms with E-state index in [1.165, 1.54) is 25.7 Å².